The number of hydrogen-bond donors (Lipinski definition) is 3. The lowest BCUT2D eigenvalue weighted by molar-refractivity contribution is -0.124. The number of thiophene rings is 1. The summed E-state index contributed by atoms with van der Waals surface area (Å²) < 4.78 is 18.6. The maximum atomic E-state index is 14.6. The van der Waals surface area contributed by atoms with Crippen LogP contribution in [0.2, 0.25) is 0 Å². The van der Waals surface area contributed by atoms with E-state index in [1.54, 1.807) is 35.0 Å². The molecule has 0 spiro atoms. The zero-order valence-corrected chi connectivity index (χ0v) is 23.9. The monoisotopic (exact) mass is 598 g/mol. The molecule has 43 heavy (non-hydrogen) atoms. The molecular formula is C30H27FN8O3S. The Morgan fingerprint density at radius 1 is 1.09 bits per heavy atom. The molecule has 2 atom stereocenters. The predicted octanol–water partition coefficient (Wildman–Crippen LogP) is 4.39. The van der Waals surface area contributed by atoms with Crippen LogP contribution in [0.25, 0.3) is 21.5 Å². The summed E-state index contributed by atoms with van der Waals surface area (Å²) in [4.78, 5) is 54.3. The van der Waals surface area contributed by atoms with Crippen molar-refractivity contribution < 1.29 is 14.0 Å². The molecule has 1 aromatic carbocycles. The van der Waals surface area contributed by atoms with E-state index in [1.165, 1.54) is 34.4 Å². The van der Waals surface area contributed by atoms with Gasteiger partial charge in [0, 0.05) is 33.1 Å². The molecular weight excluding hydrogens is 571 g/mol. The molecule has 1 saturated carbocycles. The number of hydrogen-bond acceptors (Lipinski definition) is 8. The third-order valence-electron chi connectivity index (χ3n) is 7.87. The summed E-state index contributed by atoms with van der Waals surface area (Å²) >= 11 is 1.51. The Balaban J connectivity index is 1.13. The number of rotatable bonds is 7. The third kappa shape index (κ3) is 4.84. The van der Waals surface area contributed by atoms with E-state index in [0.717, 1.165) is 27.8 Å². The number of carbonyl (C=O) groups excluding carboxylic acids is 2. The minimum atomic E-state index is -0.779. The second-order valence-corrected chi connectivity index (χ2v) is 12.1. The summed E-state index contributed by atoms with van der Waals surface area (Å²) in [6.45, 7) is 2.19. The van der Waals surface area contributed by atoms with Crippen molar-refractivity contribution >= 4 is 44.7 Å². The lowest BCUT2D eigenvalue weighted by Gasteiger charge is -2.15. The van der Waals surface area contributed by atoms with Gasteiger partial charge in [0.05, 0.1) is 24.5 Å². The number of nitrogens with one attached hydrogen (secondary N) is 2. The highest BCUT2D eigenvalue weighted by atomic mass is 32.1. The van der Waals surface area contributed by atoms with Gasteiger partial charge in [0.2, 0.25) is 5.91 Å². The molecule has 5 heterocycles. The number of imidazole rings is 1. The highest BCUT2D eigenvalue weighted by molar-refractivity contribution is 7.19. The predicted molar refractivity (Wildman–Crippen MR) is 160 cm³/mol. The maximum Gasteiger partial charge on any atom is 0.278 e. The Labute approximate surface area is 248 Å². The fourth-order valence-corrected chi connectivity index (χ4v) is 6.67. The van der Waals surface area contributed by atoms with Gasteiger partial charge in [-0.05, 0) is 43.5 Å². The number of nitrogen functional groups attached to an aromatic ring is 1. The Morgan fingerprint density at radius 3 is 2.70 bits per heavy atom. The van der Waals surface area contributed by atoms with Crippen molar-refractivity contribution in [1.82, 2.24) is 29.4 Å². The lowest BCUT2D eigenvalue weighted by Crippen LogP contribution is -2.36. The standard InChI is InChI=1S/C30H27FN8O3S/c1-15-8-22(28(40)36-12-18-9-16-11-33-25(32)10-24(16)43-18)39-26(15)34-13-21(30(39)42)37-29(41)23-14-35-27(38(23)17-6-7-17)19-4-2-3-5-20(19)31/h2-5,9-11,13-15,17,22H,6-8,12H2,1H3,(H2,32,33)(H,36,40)(H,37,41)/t15-,22+/m1/s1. The van der Waals surface area contributed by atoms with Gasteiger partial charge in [-0.3, -0.25) is 19.0 Å². The summed E-state index contributed by atoms with van der Waals surface area (Å²) in [6.07, 6.45) is 6.49. The van der Waals surface area contributed by atoms with Crippen molar-refractivity contribution in [2.24, 2.45) is 0 Å². The van der Waals surface area contributed by atoms with Crippen LogP contribution in [-0.4, -0.2) is 35.9 Å². The second kappa shape index (κ2) is 10.4. The molecule has 0 unspecified atom stereocenters. The number of nitrogens with zero attached hydrogens (tertiary/aromatic N) is 5. The van der Waals surface area contributed by atoms with Gasteiger partial charge in [0.25, 0.3) is 11.5 Å². The molecule has 7 rings (SSSR count). The molecule has 0 radical (unpaired) electrons. The van der Waals surface area contributed by atoms with E-state index in [-0.39, 0.29) is 35.8 Å². The van der Waals surface area contributed by atoms with E-state index in [2.05, 4.69) is 25.6 Å². The van der Waals surface area contributed by atoms with Crippen molar-refractivity contribution in [2.45, 2.75) is 50.7 Å². The lowest BCUT2D eigenvalue weighted by atomic mass is 10.1. The number of fused-ring (bicyclic) bond motifs is 2. The van der Waals surface area contributed by atoms with E-state index < -0.39 is 23.3 Å². The summed E-state index contributed by atoms with van der Waals surface area (Å²) in [7, 11) is 0. The SMILES string of the molecule is C[C@@H]1C[C@@H](C(=O)NCc2cc3cnc(N)cc3s2)n2c1ncc(NC(=O)c1cnc(-c3ccccc3F)n1C1CC1)c2=O. The first-order valence-electron chi connectivity index (χ1n) is 13.9. The molecule has 4 N–H and O–H groups in total. The van der Waals surface area contributed by atoms with Crippen LogP contribution in [0.3, 0.4) is 0 Å². The van der Waals surface area contributed by atoms with E-state index in [0.29, 0.717) is 29.5 Å². The van der Waals surface area contributed by atoms with Crippen LogP contribution in [0, 0.1) is 5.82 Å². The van der Waals surface area contributed by atoms with Crippen LogP contribution in [0.1, 0.15) is 65.4 Å². The van der Waals surface area contributed by atoms with Crippen molar-refractivity contribution in [1.29, 1.82) is 0 Å². The van der Waals surface area contributed by atoms with E-state index >= 15 is 0 Å². The van der Waals surface area contributed by atoms with E-state index in [4.69, 9.17) is 5.73 Å². The van der Waals surface area contributed by atoms with Crippen molar-refractivity contribution in [2.75, 3.05) is 11.1 Å². The van der Waals surface area contributed by atoms with Crippen LogP contribution < -0.4 is 21.9 Å². The molecule has 4 aromatic heterocycles. The number of amides is 2. The van der Waals surface area contributed by atoms with Gasteiger partial charge in [0.1, 0.15) is 40.7 Å². The smallest absolute Gasteiger partial charge is 0.278 e. The molecule has 218 valence electrons. The third-order valence-corrected chi connectivity index (χ3v) is 8.97. The highest BCUT2D eigenvalue weighted by Crippen LogP contribution is 2.40. The topological polar surface area (TPSA) is 150 Å². The molecule has 11 nitrogen and oxygen atoms in total. The van der Waals surface area contributed by atoms with Gasteiger partial charge >= 0.3 is 0 Å². The summed E-state index contributed by atoms with van der Waals surface area (Å²) in [5.74, 6) is -0.168. The molecule has 1 fully saturated rings. The zero-order valence-electron chi connectivity index (χ0n) is 23.1. The highest BCUT2D eigenvalue weighted by Gasteiger charge is 2.36. The van der Waals surface area contributed by atoms with Crippen molar-refractivity contribution in [3.63, 3.8) is 0 Å². The summed E-state index contributed by atoms with van der Waals surface area (Å²) in [6, 6.07) is 9.25. The van der Waals surface area contributed by atoms with Gasteiger partial charge in [-0.15, -0.1) is 11.3 Å². The minimum Gasteiger partial charge on any atom is -0.384 e. The number of pyridine rings is 1. The van der Waals surface area contributed by atoms with Crippen LogP contribution in [-0.2, 0) is 11.3 Å². The molecule has 0 saturated heterocycles. The average Bonchev–Trinajstić information content (AvgIpc) is 3.44. The average molecular weight is 599 g/mol. The molecule has 0 bridgehead atoms. The van der Waals surface area contributed by atoms with E-state index in [9.17, 15) is 18.8 Å². The van der Waals surface area contributed by atoms with Gasteiger partial charge in [-0.25, -0.2) is 19.3 Å². The molecule has 2 aliphatic rings. The Hall–Kier alpha value is -4.91. The Morgan fingerprint density at radius 2 is 1.91 bits per heavy atom. The van der Waals surface area contributed by atoms with Crippen LogP contribution in [0.5, 0.6) is 0 Å². The van der Waals surface area contributed by atoms with Crippen LogP contribution in [0.15, 0.2) is 59.8 Å². The number of carbonyl (C=O) groups is 2. The first-order valence-corrected chi connectivity index (χ1v) is 14.8. The molecule has 5 aromatic rings. The molecule has 13 heteroatoms. The normalized spacial score (nSPS) is 17.6. The van der Waals surface area contributed by atoms with Gasteiger partial charge in [-0.1, -0.05) is 19.1 Å². The second-order valence-electron chi connectivity index (χ2n) is 10.9. The summed E-state index contributed by atoms with van der Waals surface area (Å²) in [5, 5.41) is 6.56. The molecule has 2 amide bonds. The zero-order chi connectivity index (χ0) is 29.8. The number of halogens is 1. The van der Waals surface area contributed by atoms with Gasteiger partial charge in [-0.2, -0.15) is 0 Å². The van der Waals surface area contributed by atoms with Crippen molar-refractivity contribution in [3.8, 4) is 11.4 Å². The number of aromatic nitrogens is 5. The largest absolute Gasteiger partial charge is 0.384 e. The first kappa shape index (κ1) is 27.0. The molecule has 1 aliphatic heterocycles. The molecule has 1 aliphatic carbocycles. The first-order chi connectivity index (χ1) is 20.8. The van der Waals surface area contributed by atoms with Crippen LogP contribution in [0.4, 0.5) is 15.9 Å². The fourth-order valence-electron chi connectivity index (χ4n) is 5.65. The number of benzene rings is 1. The number of anilines is 2. The minimum absolute atomic E-state index is 0.0144. The van der Waals surface area contributed by atoms with Gasteiger partial charge < -0.3 is 20.9 Å². The van der Waals surface area contributed by atoms with Crippen LogP contribution >= 0.6 is 11.3 Å². The Kier molecular flexibility index (Phi) is 6.53. The Bertz CT molecular complexity index is 1980. The van der Waals surface area contributed by atoms with Crippen molar-refractivity contribution in [3.05, 3.63) is 87.6 Å². The maximum absolute atomic E-state index is 14.6. The quantitative estimate of drug-likeness (QED) is 0.252. The number of nitrogens with two attached hydrogens (primary N) is 1. The fraction of sp³-hybridized carbons (Fsp3) is 0.267. The van der Waals surface area contributed by atoms with Gasteiger partial charge in [0.15, 0.2) is 0 Å². The summed E-state index contributed by atoms with van der Waals surface area (Å²) in [5.41, 5.74) is 5.73. The van der Waals surface area contributed by atoms with E-state index in [1.807, 2.05) is 13.0 Å².